The molecule has 2 amide bonds. The van der Waals surface area contributed by atoms with Gasteiger partial charge in [-0.1, -0.05) is 11.2 Å². The lowest BCUT2D eigenvalue weighted by atomic mass is 10.2. The molecule has 3 aromatic rings. The second-order valence-corrected chi connectivity index (χ2v) is 7.10. The van der Waals surface area contributed by atoms with Gasteiger partial charge in [-0.05, 0) is 18.6 Å². The lowest BCUT2D eigenvalue weighted by molar-refractivity contribution is 0.0731. The van der Waals surface area contributed by atoms with Crippen LogP contribution in [0.4, 0.5) is 0 Å². The topological polar surface area (TPSA) is 115 Å². The largest absolute Gasteiger partial charge is 0.380 e. The minimum atomic E-state index is -0.289. The number of aryl methyl sites for hydroxylation is 2. The lowest BCUT2D eigenvalue weighted by Crippen LogP contribution is -2.29. The van der Waals surface area contributed by atoms with E-state index < -0.39 is 0 Å². The number of methoxy groups -OCH3 is 1. The summed E-state index contributed by atoms with van der Waals surface area (Å²) in [5.41, 5.74) is 3.64. The SMILES string of the molecule is COCc1c(C(=O)N2Cc3c(C(=O)NCc4cccnc4)nn(C)c3C2)noc1C. The van der Waals surface area contributed by atoms with E-state index in [1.807, 2.05) is 12.1 Å². The first kappa shape index (κ1) is 19.8. The highest BCUT2D eigenvalue weighted by Crippen LogP contribution is 2.28. The van der Waals surface area contributed by atoms with Crippen LogP contribution in [-0.2, 0) is 38.0 Å². The number of ether oxygens (including phenoxy) is 1. The highest BCUT2D eigenvalue weighted by Gasteiger charge is 2.34. The molecule has 1 aliphatic rings. The summed E-state index contributed by atoms with van der Waals surface area (Å²) in [5.74, 6) is -0.00628. The van der Waals surface area contributed by atoms with Crippen LogP contribution in [0.1, 0.15) is 49.1 Å². The van der Waals surface area contributed by atoms with Crippen molar-refractivity contribution in [3.05, 3.63) is 64.1 Å². The van der Waals surface area contributed by atoms with Crippen LogP contribution in [0.15, 0.2) is 29.0 Å². The molecule has 0 fully saturated rings. The number of aromatic nitrogens is 4. The van der Waals surface area contributed by atoms with Crippen LogP contribution in [-0.4, -0.2) is 43.7 Å². The second kappa shape index (κ2) is 8.07. The van der Waals surface area contributed by atoms with Crippen molar-refractivity contribution in [2.24, 2.45) is 7.05 Å². The van der Waals surface area contributed by atoms with E-state index in [-0.39, 0.29) is 30.7 Å². The number of pyridine rings is 1. The Morgan fingerprint density at radius 1 is 1.30 bits per heavy atom. The van der Waals surface area contributed by atoms with Crippen LogP contribution in [0.5, 0.6) is 0 Å². The van der Waals surface area contributed by atoms with E-state index in [9.17, 15) is 9.59 Å². The fourth-order valence-corrected chi connectivity index (χ4v) is 3.51. The zero-order valence-electron chi connectivity index (χ0n) is 17.0. The summed E-state index contributed by atoms with van der Waals surface area (Å²) in [7, 11) is 3.32. The van der Waals surface area contributed by atoms with Gasteiger partial charge in [0.05, 0.1) is 31.0 Å². The van der Waals surface area contributed by atoms with Crippen molar-refractivity contribution in [1.82, 2.24) is 30.1 Å². The molecule has 30 heavy (non-hydrogen) atoms. The number of fused-ring (bicyclic) bond motifs is 1. The van der Waals surface area contributed by atoms with E-state index in [0.717, 1.165) is 16.8 Å². The predicted octanol–water partition coefficient (Wildman–Crippen LogP) is 1.34. The Morgan fingerprint density at radius 3 is 2.87 bits per heavy atom. The molecule has 0 aliphatic carbocycles. The maximum atomic E-state index is 13.0. The number of rotatable bonds is 6. The first-order valence-corrected chi connectivity index (χ1v) is 9.44. The summed E-state index contributed by atoms with van der Waals surface area (Å²) < 4.78 is 12.0. The van der Waals surface area contributed by atoms with Gasteiger partial charge in [-0.25, -0.2) is 0 Å². The van der Waals surface area contributed by atoms with Gasteiger partial charge in [0.2, 0.25) is 0 Å². The number of carbonyl (C=O) groups is 2. The van der Waals surface area contributed by atoms with Gasteiger partial charge in [-0.15, -0.1) is 0 Å². The Kier molecular flexibility index (Phi) is 5.32. The highest BCUT2D eigenvalue weighted by molar-refractivity contribution is 5.96. The predicted molar refractivity (Wildman–Crippen MR) is 104 cm³/mol. The summed E-state index contributed by atoms with van der Waals surface area (Å²) in [6, 6.07) is 3.70. The molecule has 0 atom stereocenters. The van der Waals surface area contributed by atoms with E-state index in [1.165, 1.54) is 0 Å². The monoisotopic (exact) mass is 410 g/mol. The van der Waals surface area contributed by atoms with Crippen molar-refractivity contribution < 1.29 is 18.8 Å². The third kappa shape index (κ3) is 3.57. The van der Waals surface area contributed by atoms with Crippen molar-refractivity contribution in [1.29, 1.82) is 0 Å². The highest BCUT2D eigenvalue weighted by atomic mass is 16.5. The Balaban J connectivity index is 1.51. The van der Waals surface area contributed by atoms with Gasteiger partial charge in [-0.2, -0.15) is 5.10 Å². The van der Waals surface area contributed by atoms with Crippen LogP contribution in [0.25, 0.3) is 0 Å². The molecule has 0 saturated heterocycles. The van der Waals surface area contributed by atoms with Gasteiger partial charge in [0.1, 0.15) is 5.76 Å². The molecule has 0 saturated carbocycles. The van der Waals surface area contributed by atoms with Crippen molar-refractivity contribution in [3.63, 3.8) is 0 Å². The third-order valence-corrected chi connectivity index (χ3v) is 5.12. The molecule has 156 valence electrons. The molecule has 10 heteroatoms. The quantitative estimate of drug-likeness (QED) is 0.652. The zero-order valence-corrected chi connectivity index (χ0v) is 17.0. The molecule has 1 N–H and O–H groups in total. The Hall–Kier alpha value is -3.53. The van der Waals surface area contributed by atoms with Crippen molar-refractivity contribution >= 4 is 11.8 Å². The molecular weight excluding hydrogens is 388 g/mol. The van der Waals surface area contributed by atoms with Crippen LogP contribution in [0.3, 0.4) is 0 Å². The number of carbonyl (C=O) groups excluding carboxylic acids is 2. The minimum Gasteiger partial charge on any atom is -0.380 e. The van der Waals surface area contributed by atoms with E-state index in [0.29, 0.717) is 30.1 Å². The Bertz CT molecular complexity index is 1090. The number of hydrogen-bond donors (Lipinski definition) is 1. The third-order valence-electron chi connectivity index (χ3n) is 5.12. The molecule has 0 unspecified atom stereocenters. The van der Waals surface area contributed by atoms with E-state index in [1.54, 1.807) is 43.1 Å². The van der Waals surface area contributed by atoms with E-state index >= 15 is 0 Å². The lowest BCUT2D eigenvalue weighted by Gasteiger charge is -2.15. The molecular formula is C20H22N6O4. The zero-order chi connectivity index (χ0) is 21.3. The molecule has 0 radical (unpaired) electrons. The summed E-state index contributed by atoms with van der Waals surface area (Å²) in [4.78, 5) is 31.4. The molecule has 10 nitrogen and oxygen atoms in total. The standard InChI is InChI=1S/C20H22N6O4/c1-12-15(11-29-3)18(24-30-12)20(28)26-9-14-16(10-26)25(2)23-17(14)19(27)22-8-13-5-4-6-21-7-13/h4-7H,8-11H2,1-3H3,(H,22,27). The van der Waals surface area contributed by atoms with Crippen molar-refractivity contribution in [2.75, 3.05) is 7.11 Å². The molecule has 4 rings (SSSR count). The molecule has 3 aromatic heterocycles. The van der Waals surface area contributed by atoms with Crippen LogP contribution in [0, 0.1) is 6.92 Å². The first-order valence-electron chi connectivity index (χ1n) is 9.44. The molecule has 1 aliphatic heterocycles. The maximum absolute atomic E-state index is 13.0. The molecule has 0 bridgehead atoms. The fourth-order valence-electron chi connectivity index (χ4n) is 3.51. The van der Waals surface area contributed by atoms with E-state index in [4.69, 9.17) is 9.26 Å². The average molecular weight is 410 g/mol. The van der Waals surface area contributed by atoms with Crippen LogP contribution >= 0.6 is 0 Å². The normalized spacial score (nSPS) is 12.8. The number of amides is 2. The summed E-state index contributed by atoms with van der Waals surface area (Å²) >= 11 is 0. The van der Waals surface area contributed by atoms with Crippen LogP contribution < -0.4 is 5.32 Å². The van der Waals surface area contributed by atoms with Gasteiger partial charge < -0.3 is 19.5 Å². The van der Waals surface area contributed by atoms with E-state index in [2.05, 4.69) is 20.6 Å². The minimum absolute atomic E-state index is 0.234. The van der Waals surface area contributed by atoms with Crippen LogP contribution in [0.2, 0.25) is 0 Å². The average Bonchev–Trinajstić information content (AvgIpc) is 3.43. The molecule has 0 aromatic carbocycles. The van der Waals surface area contributed by atoms with Crippen molar-refractivity contribution in [3.8, 4) is 0 Å². The number of nitrogens with one attached hydrogen (secondary N) is 1. The maximum Gasteiger partial charge on any atom is 0.277 e. The summed E-state index contributed by atoms with van der Waals surface area (Å²) in [6.07, 6.45) is 3.37. The first-order chi connectivity index (χ1) is 14.5. The summed E-state index contributed by atoms with van der Waals surface area (Å²) in [6.45, 7) is 2.94. The Labute approximate surface area is 172 Å². The van der Waals surface area contributed by atoms with Gasteiger partial charge in [0.25, 0.3) is 11.8 Å². The molecule has 0 spiro atoms. The fraction of sp³-hybridized carbons (Fsp3) is 0.350. The smallest absolute Gasteiger partial charge is 0.277 e. The summed E-state index contributed by atoms with van der Waals surface area (Å²) in [5, 5.41) is 11.1. The molecule has 4 heterocycles. The van der Waals surface area contributed by atoms with Gasteiger partial charge in [0.15, 0.2) is 11.4 Å². The van der Waals surface area contributed by atoms with Gasteiger partial charge in [0, 0.05) is 38.7 Å². The van der Waals surface area contributed by atoms with Gasteiger partial charge in [-0.3, -0.25) is 19.3 Å². The Morgan fingerprint density at radius 2 is 2.13 bits per heavy atom. The second-order valence-electron chi connectivity index (χ2n) is 7.10. The number of nitrogens with zero attached hydrogens (tertiary/aromatic N) is 5. The number of hydrogen-bond acceptors (Lipinski definition) is 7. The van der Waals surface area contributed by atoms with Gasteiger partial charge >= 0.3 is 0 Å². The van der Waals surface area contributed by atoms with Crippen molar-refractivity contribution in [2.45, 2.75) is 33.2 Å².